The Morgan fingerprint density at radius 1 is 1.14 bits per heavy atom. The third-order valence-corrected chi connectivity index (χ3v) is 3.83. The van der Waals surface area contributed by atoms with Crippen LogP contribution in [-0.2, 0) is 6.54 Å². The lowest BCUT2D eigenvalue weighted by Gasteiger charge is -2.16. The normalized spacial score (nSPS) is 12.2. The molecule has 0 spiro atoms. The first kappa shape index (κ1) is 16.2. The summed E-state index contributed by atoms with van der Waals surface area (Å²) in [6, 6.07) is 13.7. The molecule has 0 heterocycles. The number of hydrogen-bond donors (Lipinski definition) is 1. The zero-order chi connectivity index (χ0) is 15.2. The van der Waals surface area contributed by atoms with Crippen LogP contribution in [0.5, 0.6) is 5.75 Å². The Bertz CT molecular complexity index is 601. The van der Waals surface area contributed by atoms with Gasteiger partial charge in [-0.3, -0.25) is 0 Å². The fourth-order valence-corrected chi connectivity index (χ4v) is 2.60. The molecule has 2 aromatic rings. The first-order valence-corrected chi connectivity index (χ1v) is 7.76. The molecule has 1 N–H and O–H groups in total. The molecule has 0 aliphatic carbocycles. The van der Waals surface area contributed by atoms with Gasteiger partial charge in [-0.2, -0.15) is 0 Å². The standard InChI is InChI=1S/C17H19Cl2NO/c1-3-21-15-6-4-5-13(9-15)11-20-12(2)16-10-14(18)7-8-17(16)19/h4-10,12,20H,3,11H2,1-2H3. The largest absolute Gasteiger partial charge is 0.494 e. The van der Waals surface area contributed by atoms with Crippen molar-refractivity contribution in [3.8, 4) is 5.75 Å². The number of ether oxygens (including phenoxy) is 1. The van der Waals surface area contributed by atoms with Gasteiger partial charge in [-0.05, 0) is 55.3 Å². The summed E-state index contributed by atoms with van der Waals surface area (Å²) in [5.74, 6) is 0.894. The van der Waals surface area contributed by atoms with E-state index in [0.717, 1.165) is 22.9 Å². The van der Waals surface area contributed by atoms with Gasteiger partial charge in [0.2, 0.25) is 0 Å². The van der Waals surface area contributed by atoms with E-state index in [1.54, 1.807) is 6.07 Å². The molecule has 0 radical (unpaired) electrons. The predicted octanol–water partition coefficient (Wildman–Crippen LogP) is 5.24. The SMILES string of the molecule is CCOc1cccc(CNC(C)c2cc(Cl)ccc2Cl)c1. The third kappa shape index (κ3) is 4.63. The summed E-state index contributed by atoms with van der Waals surface area (Å²) in [6.45, 7) is 5.47. The van der Waals surface area contributed by atoms with Gasteiger partial charge in [-0.25, -0.2) is 0 Å². The van der Waals surface area contributed by atoms with E-state index in [-0.39, 0.29) is 6.04 Å². The van der Waals surface area contributed by atoms with E-state index in [4.69, 9.17) is 27.9 Å². The van der Waals surface area contributed by atoms with Crippen molar-refractivity contribution in [2.24, 2.45) is 0 Å². The molecule has 0 fully saturated rings. The molecular formula is C17H19Cl2NO. The Labute approximate surface area is 136 Å². The number of hydrogen-bond acceptors (Lipinski definition) is 2. The molecule has 1 unspecified atom stereocenters. The van der Waals surface area contributed by atoms with E-state index in [1.165, 1.54) is 5.56 Å². The summed E-state index contributed by atoms with van der Waals surface area (Å²) in [5, 5.41) is 4.87. The smallest absolute Gasteiger partial charge is 0.119 e. The Balaban J connectivity index is 2.02. The van der Waals surface area contributed by atoms with Crippen LogP contribution < -0.4 is 10.1 Å². The third-order valence-electron chi connectivity index (χ3n) is 3.25. The van der Waals surface area contributed by atoms with Crippen molar-refractivity contribution in [3.05, 3.63) is 63.6 Å². The lowest BCUT2D eigenvalue weighted by Crippen LogP contribution is -2.18. The molecule has 4 heteroatoms. The van der Waals surface area contributed by atoms with Crippen molar-refractivity contribution in [2.75, 3.05) is 6.61 Å². The number of nitrogens with one attached hydrogen (secondary N) is 1. The highest BCUT2D eigenvalue weighted by atomic mass is 35.5. The zero-order valence-corrected chi connectivity index (χ0v) is 13.7. The van der Waals surface area contributed by atoms with Crippen molar-refractivity contribution < 1.29 is 4.74 Å². The monoisotopic (exact) mass is 323 g/mol. The molecule has 0 aliphatic heterocycles. The lowest BCUT2D eigenvalue weighted by atomic mass is 10.1. The molecule has 0 aliphatic rings. The van der Waals surface area contributed by atoms with Gasteiger partial charge in [-0.1, -0.05) is 35.3 Å². The van der Waals surface area contributed by atoms with Gasteiger partial charge in [0.25, 0.3) is 0 Å². The second-order valence-electron chi connectivity index (χ2n) is 4.85. The average molecular weight is 324 g/mol. The molecule has 0 saturated carbocycles. The summed E-state index contributed by atoms with van der Waals surface area (Å²) < 4.78 is 5.51. The lowest BCUT2D eigenvalue weighted by molar-refractivity contribution is 0.339. The number of rotatable bonds is 6. The minimum atomic E-state index is 0.118. The molecule has 0 amide bonds. The molecule has 0 bridgehead atoms. The maximum absolute atomic E-state index is 6.22. The number of halogens is 2. The Morgan fingerprint density at radius 3 is 2.71 bits per heavy atom. The summed E-state index contributed by atoms with van der Waals surface area (Å²) in [6.07, 6.45) is 0. The van der Waals surface area contributed by atoms with Crippen molar-refractivity contribution in [1.82, 2.24) is 5.32 Å². The van der Waals surface area contributed by atoms with Crippen LogP contribution in [0.25, 0.3) is 0 Å². The van der Waals surface area contributed by atoms with Gasteiger partial charge in [0.1, 0.15) is 5.75 Å². The van der Waals surface area contributed by atoms with Crippen LogP contribution in [0.4, 0.5) is 0 Å². The second-order valence-corrected chi connectivity index (χ2v) is 5.69. The molecule has 0 aromatic heterocycles. The number of benzene rings is 2. The summed E-state index contributed by atoms with van der Waals surface area (Å²) in [7, 11) is 0. The zero-order valence-electron chi connectivity index (χ0n) is 12.2. The Hall–Kier alpha value is -1.22. The minimum Gasteiger partial charge on any atom is -0.494 e. The van der Waals surface area contributed by atoms with E-state index < -0.39 is 0 Å². The van der Waals surface area contributed by atoms with Gasteiger partial charge in [0.15, 0.2) is 0 Å². The summed E-state index contributed by atoms with van der Waals surface area (Å²) in [4.78, 5) is 0. The van der Waals surface area contributed by atoms with Crippen molar-refractivity contribution in [1.29, 1.82) is 0 Å². The molecule has 2 aromatic carbocycles. The fourth-order valence-electron chi connectivity index (χ4n) is 2.14. The van der Waals surface area contributed by atoms with Gasteiger partial charge < -0.3 is 10.1 Å². The molecule has 112 valence electrons. The highest BCUT2D eigenvalue weighted by Crippen LogP contribution is 2.26. The first-order chi connectivity index (χ1) is 10.1. The van der Waals surface area contributed by atoms with Crippen molar-refractivity contribution >= 4 is 23.2 Å². The fraction of sp³-hybridized carbons (Fsp3) is 0.294. The van der Waals surface area contributed by atoms with E-state index in [9.17, 15) is 0 Å². The van der Waals surface area contributed by atoms with Crippen LogP contribution in [0.2, 0.25) is 10.0 Å². The highest BCUT2D eigenvalue weighted by Gasteiger charge is 2.10. The van der Waals surface area contributed by atoms with Crippen LogP contribution in [0.3, 0.4) is 0 Å². The quantitative estimate of drug-likeness (QED) is 0.784. The first-order valence-electron chi connectivity index (χ1n) is 7.00. The van der Waals surface area contributed by atoms with E-state index in [2.05, 4.69) is 18.3 Å². The maximum Gasteiger partial charge on any atom is 0.119 e. The summed E-state index contributed by atoms with van der Waals surface area (Å²) >= 11 is 12.3. The molecule has 2 rings (SSSR count). The highest BCUT2D eigenvalue weighted by molar-refractivity contribution is 6.33. The molecule has 0 saturated heterocycles. The maximum atomic E-state index is 6.22. The van der Waals surface area contributed by atoms with Crippen LogP contribution in [0, 0.1) is 0 Å². The molecule has 2 nitrogen and oxygen atoms in total. The molecule has 21 heavy (non-hydrogen) atoms. The van der Waals surface area contributed by atoms with Gasteiger partial charge in [0, 0.05) is 22.6 Å². The van der Waals surface area contributed by atoms with Crippen molar-refractivity contribution in [2.45, 2.75) is 26.4 Å². The molecule has 1 atom stereocenters. The Kier molecular flexibility index (Phi) is 5.92. The average Bonchev–Trinajstić information content (AvgIpc) is 2.48. The van der Waals surface area contributed by atoms with Gasteiger partial charge >= 0.3 is 0 Å². The van der Waals surface area contributed by atoms with Crippen LogP contribution in [-0.4, -0.2) is 6.61 Å². The van der Waals surface area contributed by atoms with Gasteiger partial charge in [-0.15, -0.1) is 0 Å². The topological polar surface area (TPSA) is 21.3 Å². The second kappa shape index (κ2) is 7.69. The van der Waals surface area contributed by atoms with Crippen molar-refractivity contribution in [3.63, 3.8) is 0 Å². The van der Waals surface area contributed by atoms with Gasteiger partial charge in [0.05, 0.1) is 6.61 Å². The van der Waals surface area contributed by atoms with E-state index in [0.29, 0.717) is 11.6 Å². The summed E-state index contributed by atoms with van der Waals surface area (Å²) in [5.41, 5.74) is 2.18. The molecular weight excluding hydrogens is 305 g/mol. The minimum absolute atomic E-state index is 0.118. The van der Waals surface area contributed by atoms with Crippen LogP contribution in [0.1, 0.15) is 31.0 Å². The van der Waals surface area contributed by atoms with Crippen LogP contribution in [0.15, 0.2) is 42.5 Å². The van der Waals surface area contributed by atoms with Crippen LogP contribution >= 0.6 is 23.2 Å². The van der Waals surface area contributed by atoms with E-state index >= 15 is 0 Å². The predicted molar refractivity (Wildman–Crippen MR) is 89.3 cm³/mol. The Morgan fingerprint density at radius 2 is 1.95 bits per heavy atom. The van der Waals surface area contributed by atoms with E-state index in [1.807, 2.05) is 37.3 Å².